The fourth-order valence-corrected chi connectivity index (χ4v) is 1.38. The maximum absolute atomic E-state index is 10.8. The highest BCUT2D eigenvalue weighted by Gasteiger charge is 2.05. The average Bonchev–Trinajstić information content (AvgIpc) is 2.62. The smallest absolute Gasteiger partial charge is 0.315 e. The molecule has 0 fully saturated rings. The molecule has 0 radical (unpaired) electrons. The van der Waals surface area contributed by atoms with E-state index in [0.29, 0.717) is 36.8 Å². The predicted octanol–water partition coefficient (Wildman–Crippen LogP) is 0.358. The summed E-state index contributed by atoms with van der Waals surface area (Å²) in [5.74, 6) is 1.12. The molecule has 1 heterocycles. The van der Waals surface area contributed by atoms with Crippen LogP contribution in [0.25, 0.3) is 0 Å². The molecular weight excluding hydrogens is 228 g/mol. The number of hydrogen-bond acceptors (Lipinski definition) is 6. The van der Waals surface area contributed by atoms with E-state index in [1.807, 2.05) is 13.8 Å². The maximum atomic E-state index is 10.8. The van der Waals surface area contributed by atoms with Crippen LogP contribution in [-0.2, 0) is 17.3 Å². The average molecular weight is 246 g/mol. The van der Waals surface area contributed by atoms with Gasteiger partial charge < -0.3 is 15.1 Å². The molecule has 0 amide bonds. The lowest BCUT2D eigenvalue weighted by molar-refractivity contribution is 0.459. The van der Waals surface area contributed by atoms with Crippen LogP contribution in [0.1, 0.15) is 19.7 Å². The van der Waals surface area contributed by atoms with Gasteiger partial charge in [0.05, 0.1) is 6.54 Å². The molecule has 1 unspecified atom stereocenters. The van der Waals surface area contributed by atoms with Gasteiger partial charge in [-0.2, -0.15) is 0 Å². The molecule has 0 saturated heterocycles. The van der Waals surface area contributed by atoms with Gasteiger partial charge in [0.25, 0.3) is 0 Å². The summed E-state index contributed by atoms with van der Waals surface area (Å²) in [5, 5.41) is 13.8. The first-order chi connectivity index (χ1) is 7.58. The van der Waals surface area contributed by atoms with Crippen LogP contribution >= 0.6 is 0 Å². The Bertz CT molecular complexity index is 340. The van der Waals surface area contributed by atoms with Crippen LogP contribution in [0.2, 0.25) is 0 Å². The largest absolute Gasteiger partial charge is 0.407 e. The lowest BCUT2D eigenvalue weighted by Gasteiger charge is -2.03. The lowest BCUT2D eigenvalue weighted by atomic mass is 10.4. The normalized spacial score (nSPS) is 13.0. The standard InChI is InChI=1S/C9H18N4O2S/c1-7(2)11-6-8-12-13-9(15-8)10-4-5-16(3)14/h7,11H,4-6H2,1-3H3,(H,10,13). The summed E-state index contributed by atoms with van der Waals surface area (Å²) in [5.41, 5.74) is 0. The number of anilines is 1. The van der Waals surface area contributed by atoms with Gasteiger partial charge in [-0.15, -0.1) is 5.10 Å². The van der Waals surface area contributed by atoms with E-state index < -0.39 is 10.8 Å². The molecule has 92 valence electrons. The predicted molar refractivity (Wildman–Crippen MR) is 63.7 cm³/mol. The van der Waals surface area contributed by atoms with Crippen molar-refractivity contribution in [3.05, 3.63) is 5.89 Å². The SMILES string of the molecule is CC(C)NCc1nnc(NCCS(C)=O)o1. The Morgan fingerprint density at radius 3 is 2.81 bits per heavy atom. The van der Waals surface area contributed by atoms with Crippen LogP contribution in [0, 0.1) is 0 Å². The van der Waals surface area contributed by atoms with E-state index in [1.54, 1.807) is 6.26 Å². The minimum atomic E-state index is -0.807. The van der Waals surface area contributed by atoms with Crippen LogP contribution in [0.5, 0.6) is 0 Å². The Morgan fingerprint density at radius 2 is 2.19 bits per heavy atom. The van der Waals surface area contributed by atoms with Crippen molar-refractivity contribution >= 4 is 16.8 Å². The summed E-state index contributed by atoms with van der Waals surface area (Å²) in [6, 6.07) is 0.761. The van der Waals surface area contributed by atoms with Gasteiger partial charge in [-0.3, -0.25) is 4.21 Å². The van der Waals surface area contributed by atoms with Crippen molar-refractivity contribution in [2.75, 3.05) is 23.9 Å². The fraction of sp³-hybridized carbons (Fsp3) is 0.778. The second kappa shape index (κ2) is 6.59. The Morgan fingerprint density at radius 1 is 1.44 bits per heavy atom. The fourth-order valence-electron chi connectivity index (χ4n) is 0.990. The van der Waals surface area contributed by atoms with Gasteiger partial charge in [0.1, 0.15) is 0 Å². The summed E-state index contributed by atoms with van der Waals surface area (Å²) in [7, 11) is -0.807. The third-order valence-corrected chi connectivity index (χ3v) is 2.57. The molecule has 2 N–H and O–H groups in total. The third-order valence-electron chi connectivity index (χ3n) is 1.79. The Hall–Kier alpha value is -0.950. The van der Waals surface area contributed by atoms with Crippen LogP contribution in [0.3, 0.4) is 0 Å². The van der Waals surface area contributed by atoms with Crippen LogP contribution in [0.15, 0.2) is 4.42 Å². The van der Waals surface area contributed by atoms with E-state index in [9.17, 15) is 4.21 Å². The molecule has 0 saturated carbocycles. The molecule has 16 heavy (non-hydrogen) atoms. The zero-order valence-corrected chi connectivity index (χ0v) is 10.6. The number of rotatable bonds is 7. The minimum Gasteiger partial charge on any atom is -0.407 e. The zero-order chi connectivity index (χ0) is 12.0. The number of nitrogens with one attached hydrogen (secondary N) is 2. The molecule has 0 aromatic carbocycles. The summed E-state index contributed by atoms with van der Waals surface area (Å²) in [6.07, 6.45) is 1.66. The topological polar surface area (TPSA) is 80.0 Å². The summed E-state index contributed by atoms with van der Waals surface area (Å²) in [6.45, 7) is 5.23. The molecule has 0 aliphatic heterocycles. The second-order valence-electron chi connectivity index (χ2n) is 3.74. The van der Waals surface area contributed by atoms with Gasteiger partial charge in [0, 0.05) is 35.4 Å². The van der Waals surface area contributed by atoms with E-state index >= 15 is 0 Å². The lowest BCUT2D eigenvalue weighted by Crippen LogP contribution is -2.21. The zero-order valence-electron chi connectivity index (χ0n) is 9.82. The van der Waals surface area contributed by atoms with E-state index in [2.05, 4.69) is 20.8 Å². The first-order valence-corrected chi connectivity index (χ1v) is 6.90. The van der Waals surface area contributed by atoms with Crippen LogP contribution < -0.4 is 10.6 Å². The van der Waals surface area contributed by atoms with Crippen molar-refractivity contribution in [2.45, 2.75) is 26.4 Å². The summed E-state index contributed by atoms with van der Waals surface area (Å²) >= 11 is 0. The molecule has 1 atom stereocenters. The quantitative estimate of drug-likeness (QED) is 0.723. The van der Waals surface area contributed by atoms with Crippen LogP contribution in [-0.4, -0.2) is 39.0 Å². The molecule has 1 rings (SSSR count). The monoisotopic (exact) mass is 246 g/mol. The summed E-state index contributed by atoms with van der Waals surface area (Å²) < 4.78 is 16.1. The molecular formula is C9H18N4O2S. The Labute approximate surface area is 97.7 Å². The van der Waals surface area contributed by atoms with Crippen molar-refractivity contribution in [3.63, 3.8) is 0 Å². The highest BCUT2D eigenvalue weighted by Crippen LogP contribution is 2.04. The maximum Gasteiger partial charge on any atom is 0.315 e. The van der Waals surface area contributed by atoms with E-state index in [4.69, 9.17) is 4.42 Å². The number of nitrogens with zero attached hydrogens (tertiary/aromatic N) is 2. The van der Waals surface area contributed by atoms with E-state index in [0.717, 1.165) is 0 Å². The van der Waals surface area contributed by atoms with Gasteiger partial charge >= 0.3 is 6.01 Å². The van der Waals surface area contributed by atoms with Gasteiger partial charge in [-0.1, -0.05) is 18.9 Å². The number of hydrogen-bond donors (Lipinski definition) is 2. The molecule has 1 aromatic rings. The first kappa shape index (κ1) is 13.1. The molecule has 1 aromatic heterocycles. The van der Waals surface area contributed by atoms with Gasteiger partial charge in [0.2, 0.25) is 5.89 Å². The van der Waals surface area contributed by atoms with Gasteiger partial charge in [0.15, 0.2) is 0 Å². The second-order valence-corrected chi connectivity index (χ2v) is 5.30. The van der Waals surface area contributed by atoms with Gasteiger partial charge in [-0.25, -0.2) is 0 Å². The number of aromatic nitrogens is 2. The molecule has 0 spiro atoms. The Balaban J connectivity index is 2.30. The molecule has 0 bridgehead atoms. The van der Waals surface area contributed by atoms with Crippen molar-refractivity contribution in [1.29, 1.82) is 0 Å². The summed E-state index contributed by atoms with van der Waals surface area (Å²) in [4.78, 5) is 0. The van der Waals surface area contributed by atoms with Crippen molar-refractivity contribution in [1.82, 2.24) is 15.5 Å². The van der Waals surface area contributed by atoms with Crippen molar-refractivity contribution in [2.24, 2.45) is 0 Å². The first-order valence-electron chi connectivity index (χ1n) is 5.17. The Kier molecular flexibility index (Phi) is 5.41. The molecule has 6 nitrogen and oxygen atoms in total. The highest BCUT2D eigenvalue weighted by molar-refractivity contribution is 7.84. The van der Waals surface area contributed by atoms with E-state index in [-0.39, 0.29) is 0 Å². The van der Waals surface area contributed by atoms with Gasteiger partial charge in [-0.05, 0) is 0 Å². The van der Waals surface area contributed by atoms with Crippen molar-refractivity contribution < 1.29 is 8.63 Å². The molecule has 0 aliphatic rings. The van der Waals surface area contributed by atoms with E-state index in [1.165, 1.54) is 0 Å². The van der Waals surface area contributed by atoms with Crippen LogP contribution in [0.4, 0.5) is 6.01 Å². The third kappa shape index (κ3) is 5.22. The highest BCUT2D eigenvalue weighted by atomic mass is 32.2. The molecule has 0 aliphatic carbocycles. The minimum absolute atomic E-state index is 0.380. The molecule has 7 heteroatoms. The van der Waals surface area contributed by atoms with Crippen molar-refractivity contribution in [3.8, 4) is 0 Å².